The van der Waals surface area contributed by atoms with Crippen molar-refractivity contribution in [3.8, 4) is 11.3 Å². The van der Waals surface area contributed by atoms with Crippen LogP contribution in [0.4, 0.5) is 17.2 Å². The zero-order chi connectivity index (χ0) is 27.6. The molecule has 4 aromatic rings. The highest BCUT2D eigenvalue weighted by Crippen LogP contribution is 2.28. The largest absolute Gasteiger partial charge is 0.478 e. The predicted octanol–water partition coefficient (Wildman–Crippen LogP) is 5.14. The third-order valence-electron chi connectivity index (χ3n) is 6.12. The van der Waals surface area contributed by atoms with Crippen LogP contribution in [0, 0.1) is 6.92 Å². The van der Waals surface area contributed by atoms with Gasteiger partial charge in [0.05, 0.1) is 16.8 Å². The summed E-state index contributed by atoms with van der Waals surface area (Å²) in [5.41, 5.74) is 4.22. The van der Waals surface area contributed by atoms with Gasteiger partial charge in [0.15, 0.2) is 5.82 Å². The number of aryl methyl sites for hydroxylation is 1. The van der Waals surface area contributed by atoms with Gasteiger partial charge in [-0.2, -0.15) is 0 Å². The minimum Gasteiger partial charge on any atom is -0.478 e. The molecular weight excluding hydrogens is 482 g/mol. The summed E-state index contributed by atoms with van der Waals surface area (Å²) in [5, 5.41) is 15.0. The van der Waals surface area contributed by atoms with E-state index in [9.17, 15) is 14.4 Å². The fraction of sp³-hybridized carbons (Fsp3) is 0.207. The molecule has 0 bridgehead atoms. The average Bonchev–Trinajstić information content (AvgIpc) is 2.87. The van der Waals surface area contributed by atoms with E-state index in [0.717, 1.165) is 16.8 Å². The maximum absolute atomic E-state index is 12.9. The Morgan fingerprint density at radius 3 is 2.26 bits per heavy atom. The Hall–Kier alpha value is -4.79. The number of carbonyl (C=O) groups is 2. The van der Waals surface area contributed by atoms with Crippen LogP contribution in [-0.4, -0.2) is 31.5 Å². The summed E-state index contributed by atoms with van der Waals surface area (Å²) >= 11 is 0. The smallest absolute Gasteiger partial charge is 0.335 e. The maximum Gasteiger partial charge on any atom is 0.335 e. The number of aromatic carboxylic acids is 1. The quantitative estimate of drug-likeness (QED) is 0.327. The second-order valence-corrected chi connectivity index (χ2v) is 10.0. The molecule has 4 rings (SSSR count). The monoisotopic (exact) mass is 511 g/mol. The van der Waals surface area contributed by atoms with E-state index in [2.05, 4.69) is 41.4 Å². The topological polar surface area (TPSA) is 126 Å². The summed E-state index contributed by atoms with van der Waals surface area (Å²) in [6, 6.07) is 15.1. The van der Waals surface area contributed by atoms with Crippen molar-refractivity contribution in [1.29, 1.82) is 0 Å². The lowest BCUT2D eigenvalue weighted by molar-refractivity contribution is 0.0696. The fourth-order valence-electron chi connectivity index (χ4n) is 3.87. The van der Waals surface area contributed by atoms with Gasteiger partial charge in [0.2, 0.25) is 0 Å². The molecule has 9 nitrogen and oxygen atoms in total. The third kappa shape index (κ3) is 5.62. The number of pyridine rings is 1. The molecule has 0 aliphatic heterocycles. The number of hydrogen-bond donors (Lipinski definition) is 3. The average molecular weight is 512 g/mol. The Morgan fingerprint density at radius 2 is 1.66 bits per heavy atom. The molecule has 0 unspecified atom stereocenters. The lowest BCUT2D eigenvalue weighted by Crippen LogP contribution is -2.21. The molecule has 0 aliphatic rings. The summed E-state index contributed by atoms with van der Waals surface area (Å²) in [4.78, 5) is 45.8. The summed E-state index contributed by atoms with van der Waals surface area (Å²) < 4.78 is 1.42. The lowest BCUT2D eigenvalue weighted by atomic mass is 9.91. The molecule has 2 aromatic carbocycles. The van der Waals surface area contributed by atoms with Crippen molar-refractivity contribution in [3.63, 3.8) is 0 Å². The van der Waals surface area contributed by atoms with Crippen LogP contribution >= 0.6 is 0 Å². The molecule has 2 heterocycles. The molecule has 38 heavy (non-hydrogen) atoms. The summed E-state index contributed by atoms with van der Waals surface area (Å²) in [6.07, 6.45) is 3.20. The number of aromatic nitrogens is 3. The second kappa shape index (κ2) is 10.3. The van der Waals surface area contributed by atoms with Crippen LogP contribution in [0.25, 0.3) is 11.3 Å². The minimum absolute atomic E-state index is 0.0897. The van der Waals surface area contributed by atoms with Gasteiger partial charge in [0.25, 0.3) is 11.5 Å². The van der Waals surface area contributed by atoms with E-state index < -0.39 is 5.97 Å². The Balaban J connectivity index is 1.62. The Morgan fingerprint density at radius 1 is 0.974 bits per heavy atom. The van der Waals surface area contributed by atoms with Gasteiger partial charge in [0.1, 0.15) is 0 Å². The van der Waals surface area contributed by atoms with E-state index in [1.54, 1.807) is 43.7 Å². The first-order valence-corrected chi connectivity index (χ1v) is 12.0. The molecule has 0 radical (unpaired) electrons. The van der Waals surface area contributed by atoms with Crippen molar-refractivity contribution in [3.05, 3.63) is 99.7 Å². The van der Waals surface area contributed by atoms with Gasteiger partial charge in [-0.3, -0.25) is 14.6 Å². The molecule has 9 heteroatoms. The van der Waals surface area contributed by atoms with Crippen LogP contribution in [0.15, 0.2) is 71.8 Å². The van der Waals surface area contributed by atoms with Crippen molar-refractivity contribution in [2.24, 2.45) is 7.05 Å². The third-order valence-corrected chi connectivity index (χ3v) is 6.12. The number of rotatable bonds is 6. The molecule has 0 saturated carbocycles. The molecule has 0 spiro atoms. The van der Waals surface area contributed by atoms with Crippen molar-refractivity contribution in [1.82, 2.24) is 14.5 Å². The SMILES string of the molecule is Cc1c(NC(=O)c2ccc(C(C)(C)C)nc2)cccc1-c1cn(C)c(=O)c(Nc2ccc(C(=O)O)cc2)n1. The second-order valence-electron chi connectivity index (χ2n) is 10.0. The lowest BCUT2D eigenvalue weighted by Gasteiger charge is -2.18. The fourth-order valence-corrected chi connectivity index (χ4v) is 3.87. The van der Waals surface area contributed by atoms with E-state index in [4.69, 9.17) is 5.11 Å². The molecule has 3 N–H and O–H groups in total. The van der Waals surface area contributed by atoms with Crippen LogP contribution in [0.5, 0.6) is 0 Å². The van der Waals surface area contributed by atoms with Crippen LogP contribution < -0.4 is 16.2 Å². The van der Waals surface area contributed by atoms with Crippen LogP contribution in [0.3, 0.4) is 0 Å². The van der Waals surface area contributed by atoms with E-state index in [0.29, 0.717) is 22.6 Å². The van der Waals surface area contributed by atoms with Crippen molar-refractivity contribution >= 4 is 29.1 Å². The molecule has 2 aromatic heterocycles. The predicted molar refractivity (Wildman–Crippen MR) is 147 cm³/mol. The standard InChI is InChI=1S/C29H29N5O4/c1-17-21(7-6-8-22(17)33-26(35)19-11-14-24(30-15-19)29(2,3)4)23-16-34(5)27(36)25(32-23)31-20-12-9-18(10-13-20)28(37)38/h6-16H,1-5H3,(H,31,32)(H,33,35)(H,37,38). The highest BCUT2D eigenvalue weighted by molar-refractivity contribution is 6.04. The number of carboxylic acids is 1. The van der Waals surface area contributed by atoms with Gasteiger partial charge in [-0.1, -0.05) is 32.9 Å². The number of hydrogen-bond acceptors (Lipinski definition) is 6. The van der Waals surface area contributed by atoms with Gasteiger partial charge in [0, 0.05) is 47.5 Å². The normalized spacial score (nSPS) is 11.2. The minimum atomic E-state index is -1.03. The number of nitrogens with one attached hydrogen (secondary N) is 2. The van der Waals surface area contributed by atoms with Crippen LogP contribution in [-0.2, 0) is 12.5 Å². The Bertz CT molecular complexity index is 1570. The number of nitrogens with zero attached hydrogens (tertiary/aromatic N) is 3. The zero-order valence-corrected chi connectivity index (χ0v) is 21.9. The van der Waals surface area contributed by atoms with Gasteiger partial charge in [-0.15, -0.1) is 0 Å². The van der Waals surface area contributed by atoms with Crippen molar-refractivity contribution in [2.45, 2.75) is 33.1 Å². The Kier molecular flexibility index (Phi) is 7.12. The van der Waals surface area contributed by atoms with Gasteiger partial charge < -0.3 is 20.3 Å². The molecule has 1 amide bonds. The molecule has 0 atom stereocenters. The summed E-state index contributed by atoms with van der Waals surface area (Å²) in [5.74, 6) is -1.22. The first kappa shape index (κ1) is 26.3. The summed E-state index contributed by atoms with van der Waals surface area (Å²) in [6.45, 7) is 8.06. The zero-order valence-electron chi connectivity index (χ0n) is 21.9. The number of amides is 1. The van der Waals surface area contributed by atoms with E-state index in [1.807, 2.05) is 25.1 Å². The van der Waals surface area contributed by atoms with Crippen molar-refractivity contribution in [2.75, 3.05) is 10.6 Å². The van der Waals surface area contributed by atoms with Crippen LogP contribution in [0.2, 0.25) is 0 Å². The van der Waals surface area contributed by atoms with Gasteiger partial charge in [-0.05, 0) is 55.0 Å². The highest BCUT2D eigenvalue weighted by atomic mass is 16.4. The maximum atomic E-state index is 12.9. The van der Waals surface area contributed by atoms with E-state index >= 15 is 0 Å². The highest BCUT2D eigenvalue weighted by Gasteiger charge is 2.17. The Labute approximate surface area is 220 Å². The number of anilines is 3. The van der Waals surface area contributed by atoms with E-state index in [-0.39, 0.29) is 28.3 Å². The van der Waals surface area contributed by atoms with E-state index in [1.165, 1.54) is 16.7 Å². The number of carboxylic acid groups (broad SMARTS) is 1. The molecular formula is C29H29N5O4. The van der Waals surface area contributed by atoms with Gasteiger partial charge in [-0.25, -0.2) is 9.78 Å². The molecule has 0 aliphatic carbocycles. The number of carbonyl (C=O) groups excluding carboxylic acids is 1. The number of benzene rings is 2. The van der Waals surface area contributed by atoms with Gasteiger partial charge >= 0.3 is 5.97 Å². The first-order chi connectivity index (χ1) is 17.9. The molecule has 0 saturated heterocycles. The molecule has 194 valence electrons. The van der Waals surface area contributed by atoms with Crippen LogP contribution in [0.1, 0.15) is 52.7 Å². The van der Waals surface area contributed by atoms with Crippen molar-refractivity contribution < 1.29 is 14.7 Å². The first-order valence-electron chi connectivity index (χ1n) is 12.0. The molecule has 0 fully saturated rings. The summed E-state index contributed by atoms with van der Waals surface area (Å²) in [7, 11) is 1.63.